The van der Waals surface area contributed by atoms with Gasteiger partial charge in [0.15, 0.2) is 9.84 Å². The van der Waals surface area contributed by atoms with E-state index in [0.717, 1.165) is 12.7 Å². The van der Waals surface area contributed by atoms with Gasteiger partial charge in [0, 0.05) is 17.9 Å². The maximum atomic E-state index is 12.0. The third-order valence-corrected chi connectivity index (χ3v) is 4.91. The highest BCUT2D eigenvalue weighted by Gasteiger charge is 2.42. The zero-order valence-electron chi connectivity index (χ0n) is 12.2. The first-order valence-electron chi connectivity index (χ1n) is 6.43. The summed E-state index contributed by atoms with van der Waals surface area (Å²) in [4.78, 5) is 14.7. The molecule has 21 heavy (non-hydrogen) atoms. The van der Waals surface area contributed by atoms with E-state index in [-0.39, 0.29) is 10.6 Å². The molecule has 0 atom stereocenters. The van der Waals surface area contributed by atoms with Crippen molar-refractivity contribution in [3.8, 4) is 11.5 Å². The molecular weight excluding hydrogens is 294 g/mol. The van der Waals surface area contributed by atoms with Gasteiger partial charge < -0.3 is 9.47 Å². The van der Waals surface area contributed by atoms with Crippen LogP contribution in [0.2, 0.25) is 0 Å². The first kappa shape index (κ1) is 15.5. The highest BCUT2D eigenvalue weighted by molar-refractivity contribution is 7.90. The number of hydrogen-bond donors (Lipinski definition) is 0. The summed E-state index contributed by atoms with van der Waals surface area (Å²) >= 11 is 0. The van der Waals surface area contributed by atoms with Crippen molar-refractivity contribution in [2.45, 2.75) is 29.7 Å². The van der Waals surface area contributed by atoms with E-state index in [1.54, 1.807) is 12.1 Å². The zero-order valence-corrected chi connectivity index (χ0v) is 13.0. The summed E-state index contributed by atoms with van der Waals surface area (Å²) < 4.78 is 34.4. The van der Waals surface area contributed by atoms with Gasteiger partial charge in [0.25, 0.3) is 0 Å². The van der Waals surface area contributed by atoms with Crippen molar-refractivity contribution in [1.82, 2.24) is 0 Å². The predicted molar refractivity (Wildman–Crippen MR) is 76.3 cm³/mol. The Kier molecular flexibility index (Phi) is 4.07. The van der Waals surface area contributed by atoms with E-state index < -0.39 is 15.4 Å². The van der Waals surface area contributed by atoms with Crippen LogP contribution in [0.3, 0.4) is 0 Å². The van der Waals surface area contributed by atoms with Gasteiger partial charge in [-0.25, -0.2) is 13.2 Å². The van der Waals surface area contributed by atoms with Crippen molar-refractivity contribution in [2.24, 2.45) is 4.99 Å². The van der Waals surface area contributed by atoms with E-state index in [1.165, 1.54) is 20.3 Å². The molecule has 0 unspecified atom stereocenters. The van der Waals surface area contributed by atoms with Gasteiger partial charge in [-0.1, -0.05) is 0 Å². The Hall–Kier alpha value is -1.85. The van der Waals surface area contributed by atoms with E-state index in [1.807, 2.05) is 0 Å². The van der Waals surface area contributed by atoms with Crippen LogP contribution < -0.4 is 9.47 Å². The molecule has 0 amide bonds. The smallest absolute Gasteiger partial charge is 0.235 e. The lowest BCUT2D eigenvalue weighted by atomic mass is 9.72. The molecule has 2 rings (SSSR count). The zero-order chi connectivity index (χ0) is 15.7. The second-order valence-corrected chi connectivity index (χ2v) is 7.05. The summed E-state index contributed by atoms with van der Waals surface area (Å²) in [7, 11) is -0.653. The highest BCUT2D eigenvalue weighted by Crippen LogP contribution is 2.50. The minimum Gasteiger partial charge on any atom is -0.497 e. The summed E-state index contributed by atoms with van der Waals surface area (Å²) in [5, 5.41) is 0. The van der Waals surface area contributed by atoms with Gasteiger partial charge in [-0.05, 0) is 25.3 Å². The van der Waals surface area contributed by atoms with Gasteiger partial charge in [-0.15, -0.1) is 0 Å². The largest absolute Gasteiger partial charge is 0.497 e. The van der Waals surface area contributed by atoms with Crippen LogP contribution in [0, 0.1) is 0 Å². The fraction of sp³-hybridized carbons (Fsp3) is 0.500. The lowest BCUT2D eigenvalue weighted by Crippen LogP contribution is -2.32. The third kappa shape index (κ3) is 2.66. The molecule has 1 aliphatic rings. The molecule has 1 aromatic carbocycles. The number of isocyanates is 1. The maximum Gasteiger partial charge on any atom is 0.235 e. The second-order valence-electron chi connectivity index (χ2n) is 5.07. The van der Waals surface area contributed by atoms with Gasteiger partial charge in [0.05, 0.1) is 14.2 Å². The van der Waals surface area contributed by atoms with E-state index >= 15 is 0 Å². The van der Waals surface area contributed by atoms with Gasteiger partial charge in [-0.2, -0.15) is 4.99 Å². The molecule has 0 saturated heterocycles. The average Bonchev–Trinajstić information content (AvgIpc) is 2.40. The van der Waals surface area contributed by atoms with Crippen molar-refractivity contribution >= 4 is 15.9 Å². The lowest BCUT2D eigenvalue weighted by Gasteiger charge is -2.38. The molecule has 0 radical (unpaired) electrons. The van der Waals surface area contributed by atoms with Crippen molar-refractivity contribution in [1.29, 1.82) is 0 Å². The van der Waals surface area contributed by atoms with E-state index in [9.17, 15) is 13.2 Å². The van der Waals surface area contributed by atoms with Gasteiger partial charge in [-0.3, -0.25) is 0 Å². The van der Waals surface area contributed by atoms with Crippen molar-refractivity contribution in [3.63, 3.8) is 0 Å². The van der Waals surface area contributed by atoms with Crippen LogP contribution in [0.5, 0.6) is 11.5 Å². The summed E-state index contributed by atoms with van der Waals surface area (Å²) in [6.07, 6.45) is 4.88. The summed E-state index contributed by atoms with van der Waals surface area (Å²) in [5.74, 6) is 0.607. The fourth-order valence-electron chi connectivity index (χ4n) is 2.57. The molecule has 7 heteroatoms. The molecule has 114 valence electrons. The SMILES string of the molecule is COc1cc(C2(N=C=O)CCC2)c(OC)c(S(C)(=O)=O)c1. The first-order chi connectivity index (χ1) is 9.88. The summed E-state index contributed by atoms with van der Waals surface area (Å²) in [6.45, 7) is 0. The number of aliphatic imine (C=N–C) groups is 1. The van der Waals surface area contributed by atoms with Crippen LogP contribution >= 0.6 is 0 Å². The number of benzene rings is 1. The molecule has 0 spiro atoms. The van der Waals surface area contributed by atoms with E-state index in [2.05, 4.69) is 4.99 Å². The van der Waals surface area contributed by atoms with Crippen LogP contribution in [0.4, 0.5) is 0 Å². The average molecular weight is 311 g/mol. The van der Waals surface area contributed by atoms with Crippen LogP contribution in [-0.4, -0.2) is 35.0 Å². The molecule has 1 saturated carbocycles. The van der Waals surface area contributed by atoms with E-state index in [4.69, 9.17) is 9.47 Å². The molecule has 0 aliphatic heterocycles. The van der Waals surface area contributed by atoms with Gasteiger partial charge in [0.2, 0.25) is 6.08 Å². The van der Waals surface area contributed by atoms with Crippen molar-refractivity contribution in [2.75, 3.05) is 20.5 Å². The number of rotatable bonds is 5. The minimum atomic E-state index is -3.51. The number of sulfone groups is 1. The number of ether oxygens (including phenoxy) is 2. The standard InChI is InChI=1S/C14H17NO5S/c1-19-10-7-11(14(15-9-16)5-4-6-14)13(20-2)12(8-10)21(3,17)18/h7-8H,4-6H2,1-3H3. The molecular formula is C14H17NO5S. The molecule has 1 aliphatic carbocycles. The molecule has 1 fully saturated rings. The molecule has 0 aromatic heterocycles. The quantitative estimate of drug-likeness (QED) is 0.612. The number of nitrogens with zero attached hydrogens (tertiary/aromatic N) is 1. The van der Waals surface area contributed by atoms with Gasteiger partial charge in [0.1, 0.15) is 21.9 Å². The monoisotopic (exact) mass is 311 g/mol. The topological polar surface area (TPSA) is 82.0 Å². The Balaban J connectivity index is 2.78. The maximum absolute atomic E-state index is 12.0. The summed E-state index contributed by atoms with van der Waals surface area (Å²) in [5.41, 5.74) is -0.208. The first-order valence-corrected chi connectivity index (χ1v) is 8.33. The lowest BCUT2D eigenvalue weighted by molar-refractivity contribution is 0.243. The Labute approximate surface area is 123 Å². The Morgan fingerprint density at radius 2 is 1.90 bits per heavy atom. The van der Waals surface area contributed by atoms with Crippen LogP contribution in [-0.2, 0) is 20.2 Å². The minimum absolute atomic E-state index is 0.0340. The summed E-state index contributed by atoms with van der Waals surface area (Å²) in [6, 6.07) is 3.09. The Bertz CT molecular complexity index is 700. The van der Waals surface area contributed by atoms with Crippen LogP contribution in [0.25, 0.3) is 0 Å². The third-order valence-electron chi connectivity index (χ3n) is 3.81. The Morgan fingerprint density at radius 1 is 1.24 bits per heavy atom. The second kappa shape index (κ2) is 5.50. The van der Waals surface area contributed by atoms with Crippen LogP contribution in [0.15, 0.2) is 22.0 Å². The molecule has 0 heterocycles. The molecule has 1 aromatic rings. The highest BCUT2D eigenvalue weighted by atomic mass is 32.2. The normalized spacial score (nSPS) is 16.5. The van der Waals surface area contributed by atoms with Crippen molar-refractivity contribution < 1.29 is 22.7 Å². The Morgan fingerprint density at radius 3 is 2.29 bits per heavy atom. The number of methoxy groups -OCH3 is 2. The molecule has 6 nitrogen and oxygen atoms in total. The fourth-order valence-corrected chi connectivity index (χ4v) is 3.43. The van der Waals surface area contributed by atoms with Gasteiger partial charge >= 0.3 is 0 Å². The number of hydrogen-bond acceptors (Lipinski definition) is 6. The number of carbonyl (C=O) groups excluding carboxylic acids is 1. The molecule has 0 N–H and O–H groups in total. The predicted octanol–water partition coefficient (Wildman–Crippen LogP) is 1.82. The molecule has 0 bridgehead atoms. The van der Waals surface area contributed by atoms with Crippen molar-refractivity contribution in [3.05, 3.63) is 17.7 Å². The van der Waals surface area contributed by atoms with Crippen LogP contribution in [0.1, 0.15) is 24.8 Å². The van der Waals surface area contributed by atoms with E-state index in [0.29, 0.717) is 24.2 Å².